The minimum absolute atomic E-state index is 0. The van der Waals surface area contributed by atoms with Gasteiger partial charge >= 0.3 is 0 Å². The summed E-state index contributed by atoms with van der Waals surface area (Å²) in [7, 11) is 1.81. The van der Waals surface area contributed by atoms with Crippen molar-refractivity contribution in [1.29, 1.82) is 0 Å². The van der Waals surface area contributed by atoms with Crippen molar-refractivity contribution in [1.82, 2.24) is 15.5 Å². The number of amides is 1. The predicted molar refractivity (Wildman–Crippen MR) is 125 cm³/mol. The number of halogens is 1. The average Bonchev–Trinajstić information content (AvgIpc) is 3.19. The minimum Gasteiger partial charge on any atom is -0.369 e. The highest BCUT2D eigenvalue weighted by atomic mass is 127. The van der Waals surface area contributed by atoms with Crippen LogP contribution < -0.4 is 16.4 Å². The van der Waals surface area contributed by atoms with E-state index in [2.05, 4.69) is 45.0 Å². The van der Waals surface area contributed by atoms with E-state index in [1.54, 1.807) is 11.3 Å². The third-order valence-corrected chi connectivity index (χ3v) is 6.12. The Bertz CT molecular complexity index is 558. The average molecular weight is 507 g/mol. The Hall–Kier alpha value is -0.870. The van der Waals surface area contributed by atoms with Crippen LogP contribution in [0.4, 0.5) is 0 Å². The zero-order valence-electron chi connectivity index (χ0n) is 16.4. The number of nitrogens with two attached hydrogens (primary N) is 1. The second-order valence-electron chi connectivity index (χ2n) is 7.02. The van der Waals surface area contributed by atoms with Gasteiger partial charge in [-0.3, -0.25) is 9.79 Å². The Morgan fingerprint density at radius 3 is 2.70 bits per heavy atom. The highest BCUT2D eigenvalue weighted by molar-refractivity contribution is 14.0. The number of nitrogens with one attached hydrogen (secondary N) is 2. The van der Waals surface area contributed by atoms with Gasteiger partial charge in [-0.25, -0.2) is 0 Å². The van der Waals surface area contributed by atoms with Crippen molar-refractivity contribution in [3.8, 4) is 0 Å². The molecule has 1 amide bonds. The van der Waals surface area contributed by atoms with Crippen LogP contribution >= 0.6 is 35.3 Å². The molecule has 0 radical (unpaired) electrons. The molecule has 1 aromatic rings. The predicted octanol–water partition coefficient (Wildman–Crippen LogP) is 2.61. The number of hydrogen-bond donors (Lipinski definition) is 3. The maximum atomic E-state index is 11.2. The van der Waals surface area contributed by atoms with Gasteiger partial charge in [-0.2, -0.15) is 0 Å². The number of unbranched alkanes of at least 4 members (excludes halogenated alkanes) is 1. The molecule has 1 aliphatic rings. The fraction of sp³-hybridized carbons (Fsp3) is 0.684. The molecule has 1 aliphatic heterocycles. The minimum atomic E-state index is -0.138. The summed E-state index contributed by atoms with van der Waals surface area (Å²) in [6, 6.07) is 4.28. The molecule has 1 fully saturated rings. The molecular weight excluding hydrogens is 473 g/mol. The smallest absolute Gasteiger partial charge is 0.220 e. The second-order valence-corrected chi connectivity index (χ2v) is 8.00. The molecule has 0 spiro atoms. The van der Waals surface area contributed by atoms with E-state index in [0.29, 0.717) is 5.92 Å². The molecular formula is C19H34IN5OS. The first kappa shape index (κ1) is 24.2. The molecule has 1 atom stereocenters. The van der Waals surface area contributed by atoms with E-state index in [0.717, 1.165) is 64.4 Å². The number of likely N-dealkylation sites (tertiary alicyclic amines) is 1. The van der Waals surface area contributed by atoms with Gasteiger partial charge in [0.05, 0.1) is 0 Å². The van der Waals surface area contributed by atoms with Gasteiger partial charge in [0.2, 0.25) is 5.91 Å². The summed E-state index contributed by atoms with van der Waals surface area (Å²) >= 11 is 1.80. The number of nitrogens with zero attached hydrogens (tertiary/aromatic N) is 2. The van der Waals surface area contributed by atoms with Crippen molar-refractivity contribution in [3.63, 3.8) is 0 Å². The van der Waals surface area contributed by atoms with Crippen molar-refractivity contribution in [3.05, 3.63) is 22.4 Å². The highest BCUT2D eigenvalue weighted by Gasteiger charge is 2.22. The summed E-state index contributed by atoms with van der Waals surface area (Å²) in [6.45, 7) is 7.11. The molecule has 0 aliphatic carbocycles. The number of carbonyl (C=O) groups is 1. The van der Waals surface area contributed by atoms with Crippen LogP contribution in [-0.4, -0.2) is 56.5 Å². The zero-order valence-corrected chi connectivity index (χ0v) is 19.6. The maximum Gasteiger partial charge on any atom is 0.220 e. The van der Waals surface area contributed by atoms with Gasteiger partial charge in [-0.15, -0.1) is 35.3 Å². The summed E-state index contributed by atoms with van der Waals surface area (Å²) in [6.07, 6.45) is 4.08. The van der Waals surface area contributed by atoms with Gasteiger partial charge in [-0.05, 0) is 56.8 Å². The Morgan fingerprint density at radius 2 is 2.11 bits per heavy atom. The number of guanidine groups is 1. The van der Waals surface area contributed by atoms with Crippen molar-refractivity contribution in [2.75, 3.05) is 39.8 Å². The maximum absolute atomic E-state index is 11.2. The fourth-order valence-corrected chi connectivity index (χ4v) is 4.04. The highest BCUT2D eigenvalue weighted by Crippen LogP contribution is 2.19. The fourth-order valence-electron chi connectivity index (χ4n) is 3.25. The van der Waals surface area contributed by atoms with E-state index in [1.807, 2.05) is 7.05 Å². The van der Waals surface area contributed by atoms with Crippen LogP contribution in [0.25, 0.3) is 0 Å². The lowest BCUT2D eigenvalue weighted by Gasteiger charge is -2.30. The first-order chi connectivity index (χ1) is 12.6. The van der Waals surface area contributed by atoms with Crippen molar-refractivity contribution < 1.29 is 4.79 Å². The number of piperidine rings is 1. The molecule has 2 heterocycles. The van der Waals surface area contributed by atoms with Crippen LogP contribution in [0.1, 0.15) is 43.4 Å². The molecule has 6 nitrogen and oxygen atoms in total. The third kappa shape index (κ3) is 8.78. The van der Waals surface area contributed by atoms with E-state index >= 15 is 0 Å². The van der Waals surface area contributed by atoms with Crippen molar-refractivity contribution >= 4 is 47.2 Å². The van der Waals surface area contributed by atoms with E-state index in [-0.39, 0.29) is 35.8 Å². The van der Waals surface area contributed by atoms with Crippen molar-refractivity contribution in [2.24, 2.45) is 16.6 Å². The van der Waals surface area contributed by atoms with Crippen LogP contribution in [0.2, 0.25) is 0 Å². The molecule has 0 aromatic carbocycles. The lowest BCUT2D eigenvalue weighted by molar-refractivity contribution is -0.123. The van der Waals surface area contributed by atoms with Crippen LogP contribution in [-0.2, 0) is 4.79 Å². The lowest BCUT2D eigenvalue weighted by Crippen LogP contribution is -2.40. The quantitative estimate of drug-likeness (QED) is 0.208. The van der Waals surface area contributed by atoms with E-state index < -0.39 is 0 Å². The van der Waals surface area contributed by atoms with E-state index in [1.165, 1.54) is 4.88 Å². The lowest BCUT2D eigenvalue weighted by atomic mass is 9.96. The SMILES string of the molecule is CN=C(NCCCCN1CCC(C(N)=O)CC1)NCC(C)c1cccs1.I. The Kier molecular flexibility index (Phi) is 11.9. The first-order valence-corrected chi connectivity index (χ1v) is 10.5. The van der Waals surface area contributed by atoms with Gasteiger partial charge < -0.3 is 21.3 Å². The first-order valence-electron chi connectivity index (χ1n) is 9.59. The summed E-state index contributed by atoms with van der Waals surface area (Å²) in [5.74, 6) is 1.30. The standard InChI is InChI=1S/C19H33N5OS.HI/c1-15(17-6-5-13-26-17)14-23-19(21-2)22-9-3-4-10-24-11-7-16(8-12-24)18(20)25;/h5-6,13,15-16H,3-4,7-12,14H2,1-2H3,(H2,20,25)(H2,21,22,23);1H. The number of hydrogen-bond acceptors (Lipinski definition) is 4. The van der Waals surface area contributed by atoms with Crippen LogP contribution in [0.15, 0.2) is 22.5 Å². The Morgan fingerprint density at radius 1 is 1.37 bits per heavy atom. The Balaban J connectivity index is 0.00000364. The number of rotatable bonds is 9. The zero-order chi connectivity index (χ0) is 18.8. The second kappa shape index (κ2) is 13.3. The number of aliphatic imine (C=N–C) groups is 1. The molecule has 1 aromatic heterocycles. The summed E-state index contributed by atoms with van der Waals surface area (Å²) in [4.78, 5) is 19.3. The molecule has 2 rings (SSSR count). The largest absolute Gasteiger partial charge is 0.369 e. The molecule has 1 unspecified atom stereocenters. The molecule has 27 heavy (non-hydrogen) atoms. The van der Waals surface area contributed by atoms with Gasteiger partial charge in [0.1, 0.15) is 0 Å². The molecule has 0 bridgehead atoms. The summed E-state index contributed by atoms with van der Waals surface area (Å²) in [5, 5.41) is 8.92. The van der Waals surface area contributed by atoms with E-state index in [9.17, 15) is 4.79 Å². The molecule has 8 heteroatoms. The summed E-state index contributed by atoms with van der Waals surface area (Å²) in [5.41, 5.74) is 5.38. The normalized spacial score (nSPS) is 17.2. The Labute approximate surface area is 184 Å². The van der Waals surface area contributed by atoms with Gasteiger partial charge in [0.25, 0.3) is 0 Å². The van der Waals surface area contributed by atoms with E-state index in [4.69, 9.17) is 5.73 Å². The molecule has 1 saturated heterocycles. The van der Waals surface area contributed by atoms with Gasteiger partial charge in [0, 0.05) is 36.9 Å². The monoisotopic (exact) mass is 507 g/mol. The topological polar surface area (TPSA) is 82.8 Å². The third-order valence-electron chi connectivity index (χ3n) is 5.01. The van der Waals surface area contributed by atoms with Gasteiger partial charge in [-0.1, -0.05) is 13.0 Å². The van der Waals surface area contributed by atoms with Crippen molar-refractivity contribution in [2.45, 2.75) is 38.5 Å². The van der Waals surface area contributed by atoms with Crippen LogP contribution in [0.5, 0.6) is 0 Å². The number of primary amides is 1. The number of thiophene rings is 1. The molecule has 154 valence electrons. The van der Waals surface area contributed by atoms with Crippen LogP contribution in [0.3, 0.4) is 0 Å². The molecule has 4 N–H and O–H groups in total. The van der Waals surface area contributed by atoms with Gasteiger partial charge in [0.15, 0.2) is 5.96 Å². The summed E-state index contributed by atoms with van der Waals surface area (Å²) < 4.78 is 0. The van der Waals surface area contributed by atoms with Crippen LogP contribution in [0, 0.1) is 5.92 Å². The molecule has 0 saturated carbocycles. The number of carbonyl (C=O) groups excluding carboxylic acids is 1.